The summed E-state index contributed by atoms with van der Waals surface area (Å²) >= 11 is 0. The standard InChI is InChI=1S/C13H7FN4/c14-12-4-3-9(7-16-12)11-2-1-5-18-13(11)10(6-15)8-17-18/h1-5,7-8H. The van der Waals surface area contributed by atoms with E-state index in [1.807, 2.05) is 12.1 Å². The van der Waals surface area contributed by atoms with E-state index in [4.69, 9.17) is 5.26 Å². The predicted octanol–water partition coefficient (Wildman–Crippen LogP) is 2.41. The molecule has 0 fully saturated rings. The number of aromatic nitrogens is 3. The van der Waals surface area contributed by atoms with Crippen LogP contribution < -0.4 is 0 Å². The van der Waals surface area contributed by atoms with E-state index in [9.17, 15) is 4.39 Å². The first-order valence-electron chi connectivity index (χ1n) is 5.28. The van der Waals surface area contributed by atoms with Crippen molar-refractivity contribution >= 4 is 5.52 Å². The summed E-state index contributed by atoms with van der Waals surface area (Å²) in [5, 5.41) is 13.2. The molecule has 0 radical (unpaired) electrons. The summed E-state index contributed by atoms with van der Waals surface area (Å²) in [5.41, 5.74) is 2.74. The number of pyridine rings is 2. The Morgan fingerprint density at radius 3 is 2.83 bits per heavy atom. The molecule has 3 aromatic heterocycles. The van der Waals surface area contributed by atoms with Crippen LogP contribution in [-0.2, 0) is 0 Å². The predicted molar refractivity (Wildman–Crippen MR) is 63.1 cm³/mol. The molecule has 0 bridgehead atoms. The summed E-state index contributed by atoms with van der Waals surface area (Å²) in [7, 11) is 0. The smallest absolute Gasteiger partial charge is 0.212 e. The average molecular weight is 238 g/mol. The summed E-state index contributed by atoms with van der Waals surface area (Å²) in [6, 6.07) is 8.69. The van der Waals surface area contributed by atoms with Gasteiger partial charge in [0.15, 0.2) is 0 Å². The summed E-state index contributed by atoms with van der Waals surface area (Å²) in [5.74, 6) is -0.528. The van der Waals surface area contributed by atoms with Crippen LogP contribution in [-0.4, -0.2) is 14.6 Å². The second kappa shape index (κ2) is 3.93. The molecule has 4 nitrogen and oxygen atoms in total. The van der Waals surface area contributed by atoms with Gasteiger partial charge in [0, 0.05) is 23.5 Å². The van der Waals surface area contributed by atoms with E-state index in [1.54, 1.807) is 16.8 Å². The third-order valence-corrected chi connectivity index (χ3v) is 2.70. The number of halogens is 1. The molecule has 18 heavy (non-hydrogen) atoms. The zero-order chi connectivity index (χ0) is 12.5. The number of nitriles is 1. The number of hydrogen-bond acceptors (Lipinski definition) is 3. The van der Waals surface area contributed by atoms with Gasteiger partial charge in [-0.1, -0.05) is 6.07 Å². The van der Waals surface area contributed by atoms with E-state index in [-0.39, 0.29) is 0 Å². The van der Waals surface area contributed by atoms with E-state index >= 15 is 0 Å². The van der Waals surface area contributed by atoms with Crippen LogP contribution in [0.15, 0.2) is 42.9 Å². The van der Waals surface area contributed by atoms with E-state index in [0.29, 0.717) is 11.1 Å². The molecule has 3 aromatic rings. The fourth-order valence-electron chi connectivity index (χ4n) is 1.89. The molecule has 0 N–H and O–H groups in total. The zero-order valence-corrected chi connectivity index (χ0v) is 9.21. The second-order valence-corrected chi connectivity index (χ2v) is 3.75. The SMILES string of the molecule is N#Cc1cnn2cccc(-c3ccc(F)nc3)c12. The van der Waals surface area contributed by atoms with Crippen LogP contribution in [0.25, 0.3) is 16.6 Å². The molecular weight excluding hydrogens is 231 g/mol. The Hall–Kier alpha value is -2.74. The Labute approximate surface area is 102 Å². The lowest BCUT2D eigenvalue weighted by molar-refractivity contribution is 0.584. The first kappa shape index (κ1) is 10.4. The molecule has 0 atom stereocenters. The monoisotopic (exact) mass is 238 g/mol. The minimum atomic E-state index is -0.528. The molecule has 0 amide bonds. The molecule has 0 aromatic carbocycles. The second-order valence-electron chi connectivity index (χ2n) is 3.75. The molecule has 0 aliphatic rings. The topological polar surface area (TPSA) is 54.0 Å². The lowest BCUT2D eigenvalue weighted by atomic mass is 10.1. The van der Waals surface area contributed by atoms with Crippen molar-refractivity contribution in [2.24, 2.45) is 0 Å². The molecular formula is C13H7FN4. The molecule has 3 rings (SSSR count). The third kappa shape index (κ3) is 1.52. The van der Waals surface area contributed by atoms with Crippen molar-refractivity contribution in [2.75, 3.05) is 0 Å². The van der Waals surface area contributed by atoms with Crippen LogP contribution in [0.5, 0.6) is 0 Å². The van der Waals surface area contributed by atoms with E-state index in [0.717, 1.165) is 11.1 Å². The molecule has 5 heteroatoms. The Bertz CT molecular complexity index is 753. The first-order valence-corrected chi connectivity index (χ1v) is 5.28. The fourth-order valence-corrected chi connectivity index (χ4v) is 1.89. The molecule has 3 heterocycles. The van der Waals surface area contributed by atoms with Gasteiger partial charge in [-0.3, -0.25) is 0 Å². The molecule has 0 aliphatic heterocycles. The van der Waals surface area contributed by atoms with Gasteiger partial charge >= 0.3 is 0 Å². The zero-order valence-electron chi connectivity index (χ0n) is 9.21. The summed E-state index contributed by atoms with van der Waals surface area (Å²) in [6.07, 6.45) is 4.71. The Kier molecular flexibility index (Phi) is 2.27. The van der Waals surface area contributed by atoms with Crippen LogP contribution in [0.2, 0.25) is 0 Å². The van der Waals surface area contributed by atoms with E-state index in [1.165, 1.54) is 18.5 Å². The lowest BCUT2D eigenvalue weighted by Crippen LogP contribution is -1.91. The Balaban J connectivity index is 2.32. The van der Waals surface area contributed by atoms with Crippen molar-refractivity contribution in [3.63, 3.8) is 0 Å². The van der Waals surface area contributed by atoms with Gasteiger partial charge in [0.2, 0.25) is 5.95 Å². The van der Waals surface area contributed by atoms with Crippen LogP contribution >= 0.6 is 0 Å². The van der Waals surface area contributed by atoms with E-state index in [2.05, 4.69) is 16.2 Å². The maximum Gasteiger partial charge on any atom is 0.212 e. The number of rotatable bonds is 1. The van der Waals surface area contributed by atoms with Gasteiger partial charge < -0.3 is 0 Å². The highest BCUT2D eigenvalue weighted by Crippen LogP contribution is 2.26. The first-order chi connectivity index (χ1) is 8.79. The fraction of sp³-hybridized carbons (Fsp3) is 0. The number of nitrogens with zero attached hydrogens (tertiary/aromatic N) is 4. The summed E-state index contributed by atoms with van der Waals surface area (Å²) in [6.45, 7) is 0. The highest BCUT2D eigenvalue weighted by Gasteiger charge is 2.10. The number of hydrogen-bond donors (Lipinski definition) is 0. The molecule has 86 valence electrons. The van der Waals surface area contributed by atoms with Crippen molar-refractivity contribution in [3.05, 3.63) is 54.4 Å². The van der Waals surface area contributed by atoms with Gasteiger partial charge in [0.25, 0.3) is 0 Å². The minimum absolute atomic E-state index is 0.481. The summed E-state index contributed by atoms with van der Waals surface area (Å²) in [4.78, 5) is 3.62. The van der Waals surface area contributed by atoms with Gasteiger partial charge in [-0.05, 0) is 18.2 Å². The maximum atomic E-state index is 12.8. The van der Waals surface area contributed by atoms with Crippen LogP contribution in [0.1, 0.15) is 5.56 Å². The van der Waals surface area contributed by atoms with Gasteiger partial charge in [-0.15, -0.1) is 0 Å². The van der Waals surface area contributed by atoms with Gasteiger partial charge in [-0.2, -0.15) is 14.8 Å². The molecule has 0 spiro atoms. The quantitative estimate of drug-likeness (QED) is 0.612. The highest BCUT2D eigenvalue weighted by atomic mass is 19.1. The van der Waals surface area contributed by atoms with Crippen molar-refractivity contribution in [1.29, 1.82) is 5.26 Å². The van der Waals surface area contributed by atoms with Crippen molar-refractivity contribution in [2.45, 2.75) is 0 Å². The van der Waals surface area contributed by atoms with Crippen LogP contribution in [0.3, 0.4) is 0 Å². The molecule has 0 aliphatic carbocycles. The Morgan fingerprint density at radius 1 is 1.22 bits per heavy atom. The van der Waals surface area contributed by atoms with Crippen LogP contribution in [0, 0.1) is 17.3 Å². The molecule has 0 saturated heterocycles. The van der Waals surface area contributed by atoms with Gasteiger partial charge in [0.05, 0.1) is 17.3 Å². The third-order valence-electron chi connectivity index (χ3n) is 2.70. The van der Waals surface area contributed by atoms with E-state index < -0.39 is 5.95 Å². The lowest BCUT2D eigenvalue weighted by Gasteiger charge is -2.04. The Morgan fingerprint density at radius 2 is 2.11 bits per heavy atom. The largest absolute Gasteiger partial charge is 0.239 e. The molecule has 0 unspecified atom stereocenters. The van der Waals surface area contributed by atoms with Crippen molar-refractivity contribution in [3.8, 4) is 17.2 Å². The van der Waals surface area contributed by atoms with Gasteiger partial charge in [-0.25, -0.2) is 9.50 Å². The maximum absolute atomic E-state index is 12.8. The van der Waals surface area contributed by atoms with Crippen LogP contribution in [0.4, 0.5) is 4.39 Å². The van der Waals surface area contributed by atoms with Crippen molar-refractivity contribution < 1.29 is 4.39 Å². The highest BCUT2D eigenvalue weighted by molar-refractivity contribution is 5.83. The number of fused-ring (bicyclic) bond motifs is 1. The van der Waals surface area contributed by atoms with Crippen molar-refractivity contribution in [1.82, 2.24) is 14.6 Å². The normalized spacial score (nSPS) is 10.4. The molecule has 0 saturated carbocycles. The minimum Gasteiger partial charge on any atom is -0.239 e. The van der Waals surface area contributed by atoms with Gasteiger partial charge in [0.1, 0.15) is 6.07 Å². The summed E-state index contributed by atoms with van der Waals surface area (Å²) < 4.78 is 14.4. The average Bonchev–Trinajstić information content (AvgIpc) is 2.82.